The smallest absolute Gasteiger partial charge is 0.321 e. The molecule has 140 valence electrons. The zero-order valence-electron chi connectivity index (χ0n) is 14.9. The second-order valence-corrected chi connectivity index (χ2v) is 6.33. The molecular weight excluding hydrogens is 360 g/mol. The van der Waals surface area contributed by atoms with E-state index in [-0.39, 0.29) is 22.9 Å². The number of methoxy groups -OCH3 is 2. The molecule has 26 heavy (non-hydrogen) atoms. The van der Waals surface area contributed by atoms with Gasteiger partial charge in [0, 0.05) is 11.6 Å². The van der Waals surface area contributed by atoms with E-state index >= 15 is 0 Å². The highest BCUT2D eigenvalue weighted by molar-refractivity contribution is 7.99. The molecule has 0 spiro atoms. The maximum absolute atomic E-state index is 11.7. The van der Waals surface area contributed by atoms with Gasteiger partial charge < -0.3 is 19.2 Å². The summed E-state index contributed by atoms with van der Waals surface area (Å²) in [5.41, 5.74) is 0.655. The molecule has 0 radical (unpaired) electrons. The number of hydrogen-bond donors (Lipinski definition) is 2. The Hall–Kier alpha value is -2.75. The number of aromatic nitrogens is 2. The van der Waals surface area contributed by atoms with E-state index < -0.39 is 11.9 Å². The van der Waals surface area contributed by atoms with Crippen LogP contribution in [-0.4, -0.2) is 48.1 Å². The van der Waals surface area contributed by atoms with Gasteiger partial charge in [0.15, 0.2) is 11.5 Å². The lowest BCUT2D eigenvalue weighted by Gasteiger charge is -2.08. The molecule has 0 bridgehead atoms. The zero-order valence-corrected chi connectivity index (χ0v) is 15.7. The van der Waals surface area contributed by atoms with E-state index in [1.54, 1.807) is 39.2 Å². The van der Waals surface area contributed by atoms with Crippen molar-refractivity contribution in [2.45, 2.75) is 25.1 Å². The molecule has 0 saturated heterocycles. The van der Waals surface area contributed by atoms with Crippen molar-refractivity contribution in [2.24, 2.45) is 0 Å². The van der Waals surface area contributed by atoms with Crippen LogP contribution < -0.4 is 20.1 Å². The molecule has 0 atom stereocenters. The summed E-state index contributed by atoms with van der Waals surface area (Å²) >= 11 is 1.03. The molecule has 0 aliphatic rings. The number of imide groups is 1. The summed E-state index contributed by atoms with van der Waals surface area (Å²) in [5, 5.41) is 12.8. The summed E-state index contributed by atoms with van der Waals surface area (Å²) in [6.45, 7) is 3.60. The Morgan fingerprint density at radius 1 is 1.19 bits per heavy atom. The van der Waals surface area contributed by atoms with Gasteiger partial charge in [0.25, 0.3) is 5.22 Å². The number of benzene rings is 1. The van der Waals surface area contributed by atoms with E-state index in [0.29, 0.717) is 17.1 Å². The average molecular weight is 380 g/mol. The van der Waals surface area contributed by atoms with Crippen LogP contribution in [0.2, 0.25) is 0 Å². The summed E-state index contributed by atoms with van der Waals surface area (Å²) in [4.78, 5) is 23.2. The van der Waals surface area contributed by atoms with Gasteiger partial charge in [0.2, 0.25) is 11.8 Å². The molecule has 1 aromatic heterocycles. The quantitative estimate of drug-likeness (QED) is 0.702. The van der Waals surface area contributed by atoms with Gasteiger partial charge in [0.05, 0.1) is 20.0 Å². The van der Waals surface area contributed by atoms with Crippen LogP contribution in [-0.2, 0) is 4.79 Å². The largest absolute Gasteiger partial charge is 0.493 e. The Kier molecular flexibility index (Phi) is 6.84. The van der Waals surface area contributed by atoms with Gasteiger partial charge in [-0.15, -0.1) is 10.2 Å². The van der Waals surface area contributed by atoms with Gasteiger partial charge in [0.1, 0.15) is 0 Å². The minimum Gasteiger partial charge on any atom is -0.493 e. The molecule has 0 aliphatic carbocycles. The number of carbonyl (C=O) groups is 2. The van der Waals surface area contributed by atoms with Crippen LogP contribution in [0.3, 0.4) is 0 Å². The van der Waals surface area contributed by atoms with Crippen LogP contribution in [0.5, 0.6) is 11.5 Å². The van der Waals surface area contributed by atoms with E-state index in [0.717, 1.165) is 11.8 Å². The Balaban J connectivity index is 1.95. The van der Waals surface area contributed by atoms with Crippen molar-refractivity contribution in [2.75, 3.05) is 20.0 Å². The van der Waals surface area contributed by atoms with Crippen molar-refractivity contribution in [3.05, 3.63) is 18.2 Å². The Morgan fingerprint density at radius 3 is 2.58 bits per heavy atom. The first-order chi connectivity index (χ1) is 12.4. The third kappa shape index (κ3) is 5.38. The number of urea groups is 1. The van der Waals surface area contributed by atoms with E-state index in [1.165, 1.54) is 7.11 Å². The Bertz CT molecular complexity index is 778. The maximum atomic E-state index is 11.7. The van der Waals surface area contributed by atoms with Gasteiger partial charge >= 0.3 is 6.03 Å². The number of rotatable bonds is 7. The standard InChI is InChI=1S/C16H20N4O5S/c1-9(2)17-15(22)18-13(21)8-26-16-20-19-14(25-16)10-5-6-11(23-3)12(7-10)24-4/h5-7,9H,8H2,1-4H3,(H2,17,18,21,22). The Morgan fingerprint density at radius 2 is 1.92 bits per heavy atom. The molecule has 2 N–H and O–H groups in total. The molecule has 0 fully saturated rings. The third-order valence-corrected chi connectivity index (χ3v) is 3.85. The first-order valence-corrected chi connectivity index (χ1v) is 8.70. The van der Waals surface area contributed by atoms with Crippen LogP contribution in [0.4, 0.5) is 4.79 Å². The molecule has 1 heterocycles. The zero-order chi connectivity index (χ0) is 19.1. The number of amides is 3. The van der Waals surface area contributed by atoms with Crippen LogP contribution in [0.1, 0.15) is 13.8 Å². The third-order valence-electron chi connectivity index (χ3n) is 3.04. The highest BCUT2D eigenvalue weighted by Gasteiger charge is 2.15. The number of nitrogens with zero attached hydrogens (tertiary/aromatic N) is 2. The van der Waals surface area contributed by atoms with E-state index in [1.807, 2.05) is 0 Å². The lowest BCUT2D eigenvalue weighted by atomic mass is 10.2. The predicted molar refractivity (Wildman–Crippen MR) is 95.4 cm³/mol. The summed E-state index contributed by atoms with van der Waals surface area (Å²) in [5.74, 6) is 0.916. The fourth-order valence-corrected chi connectivity index (χ4v) is 2.51. The fourth-order valence-electron chi connectivity index (χ4n) is 1.94. The van der Waals surface area contributed by atoms with Crippen molar-refractivity contribution >= 4 is 23.7 Å². The minimum absolute atomic E-state index is 0.0287. The van der Waals surface area contributed by atoms with Crippen LogP contribution in [0, 0.1) is 0 Å². The first-order valence-electron chi connectivity index (χ1n) is 7.72. The first kappa shape index (κ1) is 19.6. The molecule has 0 aliphatic heterocycles. The second-order valence-electron chi connectivity index (χ2n) is 5.41. The van der Waals surface area contributed by atoms with Gasteiger partial charge in [-0.25, -0.2) is 4.79 Å². The molecule has 1 aromatic carbocycles. The molecule has 0 unspecified atom stereocenters. The fraction of sp³-hybridized carbons (Fsp3) is 0.375. The van der Waals surface area contributed by atoms with Crippen molar-refractivity contribution in [1.29, 1.82) is 0 Å². The summed E-state index contributed by atoms with van der Waals surface area (Å²) in [6.07, 6.45) is 0. The highest BCUT2D eigenvalue weighted by Crippen LogP contribution is 2.32. The topological polar surface area (TPSA) is 116 Å². The molecular formula is C16H20N4O5S. The minimum atomic E-state index is -0.540. The van der Waals surface area contributed by atoms with Gasteiger partial charge in [-0.3, -0.25) is 10.1 Å². The van der Waals surface area contributed by atoms with E-state index in [2.05, 4.69) is 20.8 Å². The molecule has 2 rings (SSSR count). The number of nitrogens with one attached hydrogen (secondary N) is 2. The van der Waals surface area contributed by atoms with Crippen LogP contribution in [0.25, 0.3) is 11.5 Å². The van der Waals surface area contributed by atoms with Gasteiger partial charge in [-0.1, -0.05) is 11.8 Å². The number of ether oxygens (including phenoxy) is 2. The molecule has 3 amide bonds. The van der Waals surface area contributed by atoms with Crippen LogP contribution >= 0.6 is 11.8 Å². The number of thioether (sulfide) groups is 1. The lowest BCUT2D eigenvalue weighted by molar-refractivity contribution is -0.117. The highest BCUT2D eigenvalue weighted by atomic mass is 32.2. The monoisotopic (exact) mass is 380 g/mol. The Labute approximate surface area is 154 Å². The maximum Gasteiger partial charge on any atom is 0.321 e. The van der Waals surface area contributed by atoms with Crippen molar-refractivity contribution in [3.63, 3.8) is 0 Å². The van der Waals surface area contributed by atoms with Gasteiger partial charge in [-0.05, 0) is 32.0 Å². The summed E-state index contributed by atoms with van der Waals surface area (Å²) < 4.78 is 15.9. The number of carbonyl (C=O) groups excluding carboxylic acids is 2. The van der Waals surface area contributed by atoms with Crippen molar-refractivity contribution in [1.82, 2.24) is 20.8 Å². The normalized spacial score (nSPS) is 10.5. The van der Waals surface area contributed by atoms with Crippen molar-refractivity contribution < 1.29 is 23.5 Å². The van der Waals surface area contributed by atoms with E-state index in [9.17, 15) is 9.59 Å². The summed E-state index contributed by atoms with van der Waals surface area (Å²) in [7, 11) is 3.08. The lowest BCUT2D eigenvalue weighted by Crippen LogP contribution is -2.43. The van der Waals surface area contributed by atoms with Gasteiger partial charge in [-0.2, -0.15) is 0 Å². The van der Waals surface area contributed by atoms with Crippen molar-refractivity contribution in [3.8, 4) is 23.0 Å². The predicted octanol–water partition coefficient (Wildman–Crippen LogP) is 2.08. The van der Waals surface area contributed by atoms with E-state index in [4.69, 9.17) is 13.9 Å². The molecule has 10 heteroatoms. The number of hydrogen-bond acceptors (Lipinski definition) is 8. The summed E-state index contributed by atoms with van der Waals surface area (Å²) in [6, 6.07) is 4.60. The average Bonchev–Trinajstić information content (AvgIpc) is 3.07. The molecule has 9 nitrogen and oxygen atoms in total. The second kappa shape index (κ2) is 9.09. The SMILES string of the molecule is COc1ccc(-c2nnc(SCC(=O)NC(=O)NC(C)C)o2)cc1OC. The molecule has 2 aromatic rings. The van der Waals surface area contributed by atoms with Crippen LogP contribution in [0.15, 0.2) is 27.8 Å². The molecule has 0 saturated carbocycles.